The first-order valence-corrected chi connectivity index (χ1v) is 27.8. The van der Waals surface area contributed by atoms with E-state index in [0.29, 0.717) is 44.7 Å². The number of primary amides is 1. The number of carbonyl (C=O) groups is 10. The molecular formula is C52H90N18O13. The number of aliphatic carboxylic acids is 1. The maximum atomic E-state index is 14.4. The van der Waals surface area contributed by atoms with Crippen LogP contribution in [0.4, 0.5) is 0 Å². The normalized spacial score (nSPS) is 17.4. The number of guanidine groups is 2. The molecule has 0 bridgehead atoms. The number of aliphatic hydroxyl groups excluding tert-OH is 2. The molecule has 466 valence electrons. The van der Waals surface area contributed by atoms with Gasteiger partial charge in [0.05, 0.1) is 18.2 Å². The zero-order valence-corrected chi connectivity index (χ0v) is 47.8. The summed E-state index contributed by atoms with van der Waals surface area (Å²) in [6.45, 7) is 5.89. The second kappa shape index (κ2) is 37.4. The minimum absolute atomic E-state index is 0.0270. The van der Waals surface area contributed by atoms with Gasteiger partial charge in [-0.05, 0) is 123 Å². The quantitative estimate of drug-likeness (QED) is 0.0165. The van der Waals surface area contributed by atoms with Crippen molar-refractivity contribution in [1.29, 1.82) is 0 Å². The van der Waals surface area contributed by atoms with E-state index in [0.717, 1.165) is 13.3 Å². The lowest BCUT2D eigenvalue weighted by atomic mass is 10.0. The van der Waals surface area contributed by atoms with Crippen LogP contribution in [-0.2, 0) is 47.9 Å². The topological polar surface area (TPSA) is 547 Å². The number of nitrogens with two attached hydrogens (primary N) is 7. The van der Waals surface area contributed by atoms with Gasteiger partial charge in [-0.25, -0.2) is 4.79 Å². The summed E-state index contributed by atoms with van der Waals surface area (Å²) < 4.78 is 0. The highest BCUT2D eigenvalue weighted by molar-refractivity contribution is 5.98. The Kier molecular flexibility index (Phi) is 32.1. The van der Waals surface area contributed by atoms with E-state index in [2.05, 4.69) is 57.8 Å². The third-order valence-corrected chi connectivity index (χ3v) is 13.3. The van der Waals surface area contributed by atoms with Crippen LogP contribution in [0.25, 0.3) is 0 Å². The number of hydrogen-bond acceptors (Lipinski definition) is 17. The van der Waals surface area contributed by atoms with Crippen LogP contribution < -0.4 is 88.0 Å². The molecule has 1 fully saturated rings. The van der Waals surface area contributed by atoms with Gasteiger partial charge in [0, 0.05) is 31.5 Å². The van der Waals surface area contributed by atoms with Crippen molar-refractivity contribution < 1.29 is 63.3 Å². The van der Waals surface area contributed by atoms with Gasteiger partial charge in [0.1, 0.15) is 48.3 Å². The molecule has 31 nitrogen and oxygen atoms in total. The van der Waals surface area contributed by atoms with Gasteiger partial charge in [-0.2, -0.15) is 0 Å². The summed E-state index contributed by atoms with van der Waals surface area (Å²) in [6.07, 6.45) is -1.40. The Morgan fingerprint density at radius 1 is 0.530 bits per heavy atom. The van der Waals surface area contributed by atoms with Crippen LogP contribution in [0, 0.1) is 0 Å². The number of carboxylic acids is 1. The first kappa shape index (κ1) is 71.4. The summed E-state index contributed by atoms with van der Waals surface area (Å²) in [5.41, 5.74) is 39.6. The molecule has 83 heavy (non-hydrogen) atoms. The van der Waals surface area contributed by atoms with Crippen molar-refractivity contribution in [2.45, 2.75) is 190 Å². The minimum Gasteiger partial charge on any atom is -0.480 e. The Labute approximate surface area is 482 Å². The number of aliphatic hydroxyl groups is 2. The number of nitrogens with zero attached hydrogens (tertiary/aromatic N) is 2. The van der Waals surface area contributed by atoms with Gasteiger partial charge >= 0.3 is 5.97 Å². The predicted molar refractivity (Wildman–Crippen MR) is 306 cm³/mol. The number of unbranched alkanes of at least 4 members (excludes halogenated alkanes) is 2. The van der Waals surface area contributed by atoms with Crippen molar-refractivity contribution in [1.82, 2.24) is 47.9 Å². The van der Waals surface area contributed by atoms with Gasteiger partial charge in [-0.1, -0.05) is 30.3 Å². The molecule has 0 aliphatic heterocycles. The van der Waals surface area contributed by atoms with Gasteiger partial charge in [-0.15, -0.1) is 0 Å². The molecule has 31 heteroatoms. The van der Waals surface area contributed by atoms with Crippen molar-refractivity contribution in [2.75, 3.05) is 26.2 Å². The van der Waals surface area contributed by atoms with E-state index in [1.54, 1.807) is 0 Å². The van der Waals surface area contributed by atoms with Gasteiger partial charge < -0.3 is 103 Å². The summed E-state index contributed by atoms with van der Waals surface area (Å²) in [6, 6.07) is -2.97. The first-order valence-electron chi connectivity index (χ1n) is 27.8. The van der Waals surface area contributed by atoms with Crippen LogP contribution in [0.1, 0.15) is 123 Å². The van der Waals surface area contributed by atoms with Crippen molar-refractivity contribution in [3.8, 4) is 0 Å². The number of rotatable bonds is 41. The van der Waals surface area contributed by atoms with E-state index in [4.69, 9.17) is 40.1 Å². The lowest BCUT2D eigenvalue weighted by molar-refractivity contribution is -0.142. The molecule has 0 radical (unpaired) electrons. The smallest absolute Gasteiger partial charge is 0.326 e. The number of hydrogen-bond donors (Lipinski definition) is 19. The number of carboxylic acid groups (broad SMARTS) is 1. The standard InChI is InChI=1S/C52H90N18O13/c1-27(54)42(74)64-35(19-13-25-62-52(58)59)46(78)70-41(30(4)72)49(81)67-33(16-9-11-23-60-38-26-32(38)31-14-6-5-7-15-31)44(76)66-36(20-21-39(55)73)47(79)69-40(29(3)71)48(80)63-28(2)43(75)65-34(18-12-24-61-51(56)57)45(77)68-37(50(82)83)17-8-10-22-53/h5-7,14-15,27-30,32-38,40-41,60,71-72H,8-13,16-26,53-54H2,1-4H3,(H2,55,73)(H,63,80)(H,64,74)(H,65,75)(H,66,76)(H,67,81)(H,68,77)(H,69,79)(H,70,78)(H,82,83)(H4,56,57,61)(H4,58,59,62)/t27-,28-,29+,30+,32-,33-,34-,35-,36-,37-,38+,40-,41-/m0/s1. The third kappa shape index (κ3) is 27.7. The second-order valence-electron chi connectivity index (χ2n) is 20.6. The molecule has 1 aromatic rings. The molecule has 0 aromatic heterocycles. The van der Waals surface area contributed by atoms with Crippen molar-refractivity contribution in [2.24, 2.45) is 50.1 Å². The van der Waals surface area contributed by atoms with Gasteiger partial charge in [0.25, 0.3) is 0 Å². The van der Waals surface area contributed by atoms with E-state index in [-0.39, 0.29) is 69.6 Å². The van der Waals surface area contributed by atoms with Crippen LogP contribution in [0.2, 0.25) is 0 Å². The molecule has 2 rings (SSSR count). The Hall–Kier alpha value is -7.74. The molecule has 1 saturated carbocycles. The van der Waals surface area contributed by atoms with Crippen LogP contribution in [0.5, 0.6) is 0 Å². The average Bonchev–Trinajstić information content (AvgIpc) is 4.42. The van der Waals surface area contributed by atoms with Crippen molar-refractivity contribution in [3.63, 3.8) is 0 Å². The molecule has 0 spiro atoms. The second-order valence-corrected chi connectivity index (χ2v) is 20.6. The maximum Gasteiger partial charge on any atom is 0.326 e. The maximum absolute atomic E-state index is 14.4. The first-order chi connectivity index (χ1) is 39.2. The van der Waals surface area contributed by atoms with E-state index < -0.39 is 139 Å². The lowest BCUT2D eigenvalue weighted by Crippen LogP contribution is -2.62. The Balaban J connectivity index is 2.38. The molecule has 0 saturated heterocycles. The number of carbonyl (C=O) groups excluding carboxylic acids is 9. The lowest BCUT2D eigenvalue weighted by Gasteiger charge is -2.29. The van der Waals surface area contributed by atoms with E-state index in [1.165, 1.54) is 26.3 Å². The largest absolute Gasteiger partial charge is 0.480 e. The van der Waals surface area contributed by atoms with E-state index >= 15 is 0 Å². The molecule has 1 aromatic carbocycles. The fourth-order valence-electron chi connectivity index (χ4n) is 8.46. The Morgan fingerprint density at radius 2 is 0.952 bits per heavy atom. The highest BCUT2D eigenvalue weighted by Crippen LogP contribution is 2.40. The molecule has 1 aliphatic carbocycles. The van der Waals surface area contributed by atoms with Gasteiger partial charge in [-0.3, -0.25) is 53.1 Å². The summed E-state index contributed by atoms with van der Waals surface area (Å²) in [5, 5.41) is 54.4. The predicted octanol–water partition coefficient (Wildman–Crippen LogP) is -6.10. The van der Waals surface area contributed by atoms with E-state index in [9.17, 15) is 63.3 Å². The Bertz CT molecular complexity index is 2350. The number of benzene rings is 1. The molecule has 9 amide bonds. The van der Waals surface area contributed by atoms with Crippen LogP contribution >= 0.6 is 0 Å². The fraction of sp³-hybridized carbons (Fsp3) is 0.654. The third-order valence-electron chi connectivity index (χ3n) is 13.3. The van der Waals surface area contributed by atoms with Crippen LogP contribution in [0.15, 0.2) is 40.3 Å². The summed E-state index contributed by atoms with van der Waals surface area (Å²) in [4.78, 5) is 141. The average molecular weight is 1180 g/mol. The molecular weight excluding hydrogens is 1080 g/mol. The Morgan fingerprint density at radius 3 is 1.42 bits per heavy atom. The number of aliphatic imine (C=N–C) groups is 2. The van der Waals surface area contributed by atoms with Crippen LogP contribution in [0.3, 0.4) is 0 Å². The molecule has 26 N–H and O–H groups in total. The van der Waals surface area contributed by atoms with E-state index in [1.807, 2.05) is 30.3 Å². The van der Waals surface area contributed by atoms with Gasteiger partial charge in [0.2, 0.25) is 53.2 Å². The molecule has 0 heterocycles. The summed E-state index contributed by atoms with van der Waals surface area (Å²) in [7, 11) is 0. The van der Waals surface area contributed by atoms with Crippen molar-refractivity contribution >= 4 is 71.1 Å². The summed E-state index contributed by atoms with van der Waals surface area (Å²) in [5.74, 6) is -9.98. The highest BCUT2D eigenvalue weighted by atomic mass is 16.4. The monoisotopic (exact) mass is 1170 g/mol. The molecule has 13 atom stereocenters. The highest BCUT2D eigenvalue weighted by Gasteiger charge is 2.39. The van der Waals surface area contributed by atoms with Crippen LogP contribution in [-0.4, -0.2) is 185 Å². The number of nitrogens with one attached hydrogen (secondary N) is 9. The van der Waals surface area contributed by atoms with Crippen molar-refractivity contribution in [3.05, 3.63) is 35.9 Å². The minimum atomic E-state index is -1.83. The molecule has 1 aliphatic rings. The zero-order chi connectivity index (χ0) is 62.3. The number of amides is 9. The fourth-order valence-corrected chi connectivity index (χ4v) is 8.46. The summed E-state index contributed by atoms with van der Waals surface area (Å²) >= 11 is 0. The molecule has 0 unspecified atom stereocenters. The zero-order valence-electron chi connectivity index (χ0n) is 47.8. The SMILES string of the molecule is C[C@H](N)C(=O)N[C@@H](CCCN=C(N)N)C(=O)N[C@H](C(=O)N[C@@H](CCCCN[C@@H]1C[C@H]1c1ccccc1)C(=O)N[C@@H](CCC(N)=O)C(=O)N[C@H](C(=O)N[C@@H](C)C(=O)N[C@@H](CCCN=C(N)N)C(=O)N[C@@H](CCCCN)C(=O)O)[C@@H](C)O)[C@@H](C)O. The van der Waals surface area contributed by atoms with Gasteiger partial charge in [0.15, 0.2) is 11.9 Å².